The monoisotopic (exact) mass is 218 g/mol. The first-order chi connectivity index (χ1) is 6.97. The van der Waals surface area contributed by atoms with Crippen LogP contribution in [0.1, 0.15) is 33.6 Å². The Morgan fingerprint density at radius 3 is 2.20 bits per heavy atom. The molecule has 5 atom stereocenters. The molecule has 0 aromatic carbocycles. The van der Waals surface area contributed by atoms with Crippen LogP contribution in [0.2, 0.25) is 0 Å². The SMILES string of the molecule is CC[C@@H]1C[C@@H](OC(C)C)[C@H](O)[C@H](O)[C@H]1O. The Hall–Kier alpha value is -0.160. The standard InChI is InChI=1S/C11H22O4/c1-4-7-5-8(15-6(2)3)10(13)11(14)9(7)12/h6-14H,4-5H2,1-3H3/t7-,8-,9+,10+,11-/m1/s1. The van der Waals surface area contributed by atoms with Crippen molar-refractivity contribution in [3.63, 3.8) is 0 Å². The Morgan fingerprint density at radius 2 is 1.73 bits per heavy atom. The van der Waals surface area contributed by atoms with E-state index in [1.165, 1.54) is 0 Å². The molecule has 1 aliphatic rings. The zero-order valence-electron chi connectivity index (χ0n) is 9.63. The van der Waals surface area contributed by atoms with Gasteiger partial charge < -0.3 is 20.1 Å². The van der Waals surface area contributed by atoms with Gasteiger partial charge in [0.15, 0.2) is 0 Å². The Bertz CT molecular complexity index is 193. The summed E-state index contributed by atoms with van der Waals surface area (Å²) in [5, 5.41) is 29.1. The van der Waals surface area contributed by atoms with E-state index in [0.29, 0.717) is 6.42 Å². The molecule has 4 heteroatoms. The molecule has 0 aromatic rings. The summed E-state index contributed by atoms with van der Waals surface area (Å²) in [7, 11) is 0. The first kappa shape index (κ1) is 12.9. The molecule has 0 saturated heterocycles. The Kier molecular flexibility index (Phi) is 4.52. The number of aliphatic hydroxyl groups is 3. The molecule has 90 valence electrons. The van der Waals surface area contributed by atoms with Crippen LogP contribution in [0, 0.1) is 5.92 Å². The van der Waals surface area contributed by atoms with Gasteiger partial charge in [-0.15, -0.1) is 0 Å². The highest BCUT2D eigenvalue weighted by atomic mass is 16.5. The summed E-state index contributed by atoms with van der Waals surface area (Å²) >= 11 is 0. The fraction of sp³-hybridized carbons (Fsp3) is 1.00. The average Bonchev–Trinajstić information content (AvgIpc) is 2.18. The van der Waals surface area contributed by atoms with Crippen molar-refractivity contribution in [1.29, 1.82) is 0 Å². The van der Waals surface area contributed by atoms with Gasteiger partial charge in [0.25, 0.3) is 0 Å². The number of ether oxygens (including phenoxy) is 1. The third kappa shape index (κ3) is 2.91. The van der Waals surface area contributed by atoms with Crippen molar-refractivity contribution < 1.29 is 20.1 Å². The molecule has 3 N–H and O–H groups in total. The van der Waals surface area contributed by atoms with E-state index >= 15 is 0 Å². The van der Waals surface area contributed by atoms with Gasteiger partial charge in [-0.1, -0.05) is 13.3 Å². The lowest BCUT2D eigenvalue weighted by Crippen LogP contribution is -2.54. The fourth-order valence-corrected chi connectivity index (χ4v) is 2.17. The van der Waals surface area contributed by atoms with E-state index in [0.717, 1.165) is 6.42 Å². The lowest BCUT2D eigenvalue weighted by Gasteiger charge is -2.40. The molecule has 1 aliphatic carbocycles. The summed E-state index contributed by atoms with van der Waals surface area (Å²) in [6, 6.07) is 0. The van der Waals surface area contributed by atoms with Crippen molar-refractivity contribution >= 4 is 0 Å². The predicted octanol–water partition coefficient (Wildman–Crippen LogP) is 0.293. The highest BCUT2D eigenvalue weighted by molar-refractivity contribution is 4.93. The van der Waals surface area contributed by atoms with Crippen LogP contribution < -0.4 is 0 Å². The Balaban J connectivity index is 2.65. The molecule has 0 spiro atoms. The first-order valence-corrected chi connectivity index (χ1v) is 5.67. The third-order valence-corrected chi connectivity index (χ3v) is 3.07. The van der Waals surface area contributed by atoms with Gasteiger partial charge in [-0.3, -0.25) is 0 Å². The molecule has 15 heavy (non-hydrogen) atoms. The number of aliphatic hydroxyl groups excluding tert-OH is 3. The maximum Gasteiger partial charge on any atom is 0.109 e. The average molecular weight is 218 g/mol. The van der Waals surface area contributed by atoms with E-state index in [2.05, 4.69) is 0 Å². The maximum absolute atomic E-state index is 9.74. The second-order valence-corrected chi connectivity index (χ2v) is 4.60. The molecule has 0 bridgehead atoms. The molecule has 0 heterocycles. The zero-order valence-corrected chi connectivity index (χ0v) is 9.63. The molecule has 1 rings (SSSR count). The van der Waals surface area contributed by atoms with Gasteiger partial charge in [0.2, 0.25) is 0 Å². The zero-order chi connectivity index (χ0) is 11.6. The van der Waals surface area contributed by atoms with E-state index in [1.807, 2.05) is 20.8 Å². The topological polar surface area (TPSA) is 69.9 Å². The minimum Gasteiger partial charge on any atom is -0.390 e. The minimum atomic E-state index is -1.09. The van der Waals surface area contributed by atoms with Crippen LogP contribution in [0.5, 0.6) is 0 Å². The second-order valence-electron chi connectivity index (χ2n) is 4.60. The van der Waals surface area contributed by atoms with Gasteiger partial charge in [0.05, 0.1) is 18.3 Å². The molecule has 4 nitrogen and oxygen atoms in total. The van der Waals surface area contributed by atoms with Crippen molar-refractivity contribution in [2.24, 2.45) is 5.92 Å². The van der Waals surface area contributed by atoms with Crippen LogP contribution in [0.3, 0.4) is 0 Å². The lowest BCUT2D eigenvalue weighted by atomic mass is 9.79. The quantitative estimate of drug-likeness (QED) is 0.637. The van der Waals surface area contributed by atoms with Gasteiger partial charge >= 0.3 is 0 Å². The highest BCUT2D eigenvalue weighted by Crippen LogP contribution is 2.30. The predicted molar refractivity (Wildman–Crippen MR) is 56.4 cm³/mol. The van der Waals surface area contributed by atoms with Crippen molar-refractivity contribution in [3.8, 4) is 0 Å². The summed E-state index contributed by atoms with van der Waals surface area (Å²) in [6.07, 6.45) is -1.87. The number of rotatable bonds is 3. The van der Waals surface area contributed by atoms with E-state index < -0.39 is 18.3 Å². The van der Waals surface area contributed by atoms with Crippen LogP contribution in [0.15, 0.2) is 0 Å². The molecular weight excluding hydrogens is 196 g/mol. The summed E-state index contributed by atoms with van der Waals surface area (Å²) < 4.78 is 5.53. The van der Waals surface area contributed by atoms with Crippen LogP contribution in [0.25, 0.3) is 0 Å². The summed E-state index contributed by atoms with van der Waals surface area (Å²) in [4.78, 5) is 0. The molecule has 0 aliphatic heterocycles. The smallest absolute Gasteiger partial charge is 0.109 e. The first-order valence-electron chi connectivity index (χ1n) is 5.67. The van der Waals surface area contributed by atoms with Gasteiger partial charge in [-0.05, 0) is 26.2 Å². The van der Waals surface area contributed by atoms with Gasteiger partial charge in [0, 0.05) is 0 Å². The summed E-state index contributed by atoms with van der Waals surface area (Å²) in [5.74, 6) is 0.00662. The van der Waals surface area contributed by atoms with Crippen LogP contribution in [-0.2, 0) is 4.74 Å². The number of hydrogen-bond acceptors (Lipinski definition) is 4. The van der Waals surface area contributed by atoms with Gasteiger partial charge in [-0.2, -0.15) is 0 Å². The second kappa shape index (κ2) is 5.25. The summed E-state index contributed by atoms with van der Waals surface area (Å²) in [6.45, 7) is 5.75. The van der Waals surface area contributed by atoms with E-state index in [1.54, 1.807) is 0 Å². The molecule has 0 radical (unpaired) electrons. The molecular formula is C11H22O4. The van der Waals surface area contributed by atoms with Crippen molar-refractivity contribution in [1.82, 2.24) is 0 Å². The summed E-state index contributed by atoms with van der Waals surface area (Å²) in [5.41, 5.74) is 0. The number of hydrogen-bond donors (Lipinski definition) is 3. The van der Waals surface area contributed by atoms with Crippen LogP contribution >= 0.6 is 0 Å². The van der Waals surface area contributed by atoms with Crippen molar-refractivity contribution in [2.45, 2.75) is 64.1 Å². The minimum absolute atomic E-state index is 0.00662. The normalized spacial score (nSPS) is 42.2. The van der Waals surface area contributed by atoms with Gasteiger partial charge in [0.1, 0.15) is 12.2 Å². The molecule has 0 unspecified atom stereocenters. The van der Waals surface area contributed by atoms with Crippen molar-refractivity contribution in [3.05, 3.63) is 0 Å². The van der Waals surface area contributed by atoms with E-state index in [-0.39, 0.29) is 18.1 Å². The highest BCUT2D eigenvalue weighted by Gasteiger charge is 2.42. The van der Waals surface area contributed by atoms with E-state index in [9.17, 15) is 15.3 Å². The third-order valence-electron chi connectivity index (χ3n) is 3.07. The molecule has 0 aromatic heterocycles. The van der Waals surface area contributed by atoms with Crippen LogP contribution in [-0.4, -0.2) is 45.8 Å². The molecule has 1 saturated carbocycles. The fourth-order valence-electron chi connectivity index (χ4n) is 2.17. The Morgan fingerprint density at radius 1 is 1.13 bits per heavy atom. The molecule has 0 amide bonds. The van der Waals surface area contributed by atoms with Gasteiger partial charge in [-0.25, -0.2) is 0 Å². The molecule has 1 fully saturated rings. The maximum atomic E-state index is 9.74. The largest absolute Gasteiger partial charge is 0.390 e. The Labute approximate surface area is 90.9 Å². The lowest BCUT2D eigenvalue weighted by molar-refractivity contribution is -0.182. The van der Waals surface area contributed by atoms with Crippen molar-refractivity contribution in [2.75, 3.05) is 0 Å². The van der Waals surface area contributed by atoms with E-state index in [4.69, 9.17) is 4.74 Å². The van der Waals surface area contributed by atoms with Crippen LogP contribution in [0.4, 0.5) is 0 Å².